The minimum absolute atomic E-state index is 0.0363. The molecule has 2 aliphatic heterocycles. The van der Waals surface area contributed by atoms with Crippen LogP contribution in [-0.4, -0.2) is 78.0 Å². The molecule has 3 N–H and O–H groups in total. The third kappa shape index (κ3) is 6.16. The second-order valence-electron chi connectivity index (χ2n) is 8.74. The number of benzene rings is 2. The summed E-state index contributed by atoms with van der Waals surface area (Å²) in [6, 6.07) is 9.07. The number of carbonyl (C=O) groups is 2. The number of hydrogen-bond acceptors (Lipinski definition) is 6. The SMILES string of the molecule is O=C(O)COc1cc(Cl)c(F)cc1N1C[C@H](NC2CCN(C(=O)c3ccc(Cl)cc3)CC2)[C@@H](O)C1. The molecule has 2 fully saturated rings. The van der Waals surface area contributed by atoms with E-state index in [1.54, 1.807) is 34.1 Å². The van der Waals surface area contributed by atoms with Crippen LogP contribution in [0.4, 0.5) is 10.1 Å². The molecule has 8 nitrogen and oxygen atoms in total. The van der Waals surface area contributed by atoms with Crippen molar-refractivity contribution in [3.05, 3.63) is 57.8 Å². The van der Waals surface area contributed by atoms with E-state index in [0.29, 0.717) is 35.9 Å². The highest BCUT2D eigenvalue weighted by Gasteiger charge is 2.35. The number of aliphatic carboxylic acids is 1. The Hall–Kier alpha value is -2.59. The lowest BCUT2D eigenvalue weighted by atomic mass is 10.0. The smallest absolute Gasteiger partial charge is 0.341 e. The summed E-state index contributed by atoms with van der Waals surface area (Å²) >= 11 is 11.8. The first-order valence-electron chi connectivity index (χ1n) is 11.3. The number of β-amino-alcohol motifs (C(OH)–C–C–N with tert-alkyl or cyclic N) is 1. The van der Waals surface area contributed by atoms with E-state index in [1.165, 1.54) is 12.1 Å². The number of anilines is 1. The maximum absolute atomic E-state index is 14.2. The van der Waals surface area contributed by atoms with Gasteiger partial charge in [-0.3, -0.25) is 4.79 Å². The molecular formula is C24H26Cl2FN3O5. The molecule has 2 atom stereocenters. The largest absolute Gasteiger partial charge is 0.480 e. The minimum Gasteiger partial charge on any atom is -0.480 e. The van der Waals surface area contributed by atoms with Crippen molar-refractivity contribution < 1.29 is 28.9 Å². The van der Waals surface area contributed by atoms with Crippen LogP contribution in [0, 0.1) is 5.82 Å². The molecule has 2 heterocycles. The van der Waals surface area contributed by atoms with Gasteiger partial charge in [0.2, 0.25) is 0 Å². The van der Waals surface area contributed by atoms with Crippen LogP contribution in [-0.2, 0) is 4.79 Å². The summed E-state index contributed by atoms with van der Waals surface area (Å²) in [4.78, 5) is 27.2. The molecule has 0 bridgehead atoms. The van der Waals surface area contributed by atoms with Crippen LogP contribution in [0.5, 0.6) is 5.75 Å². The van der Waals surface area contributed by atoms with Crippen LogP contribution in [0.3, 0.4) is 0 Å². The molecule has 11 heteroatoms. The second-order valence-corrected chi connectivity index (χ2v) is 9.58. The van der Waals surface area contributed by atoms with Gasteiger partial charge in [-0.25, -0.2) is 9.18 Å². The molecule has 0 spiro atoms. The van der Waals surface area contributed by atoms with Crippen LogP contribution in [0.15, 0.2) is 36.4 Å². The number of carboxylic acids is 1. The van der Waals surface area contributed by atoms with Crippen molar-refractivity contribution in [3.63, 3.8) is 0 Å². The van der Waals surface area contributed by atoms with Gasteiger partial charge in [-0.15, -0.1) is 0 Å². The Morgan fingerprint density at radius 2 is 1.80 bits per heavy atom. The lowest BCUT2D eigenvalue weighted by Crippen LogP contribution is -2.50. The molecule has 0 saturated carbocycles. The van der Waals surface area contributed by atoms with E-state index in [1.807, 2.05) is 0 Å². The average Bonchev–Trinajstić information content (AvgIpc) is 3.19. The van der Waals surface area contributed by atoms with Crippen LogP contribution in [0.2, 0.25) is 10.0 Å². The Kier molecular flexibility index (Phi) is 8.01. The molecule has 35 heavy (non-hydrogen) atoms. The topological polar surface area (TPSA) is 102 Å². The number of likely N-dealkylation sites (tertiary alicyclic amines) is 1. The number of rotatable bonds is 7. The summed E-state index contributed by atoms with van der Waals surface area (Å²) in [5, 5.41) is 23.5. The Balaban J connectivity index is 1.35. The fraction of sp³-hybridized carbons (Fsp3) is 0.417. The summed E-state index contributed by atoms with van der Waals surface area (Å²) in [5.74, 6) is -1.72. The number of amides is 1. The number of halogens is 3. The van der Waals surface area contributed by atoms with Crippen molar-refractivity contribution in [1.82, 2.24) is 10.2 Å². The Morgan fingerprint density at radius 1 is 1.11 bits per heavy atom. The summed E-state index contributed by atoms with van der Waals surface area (Å²) in [6.45, 7) is 1.16. The van der Waals surface area contributed by atoms with E-state index < -0.39 is 24.5 Å². The second kappa shape index (κ2) is 11.0. The fourth-order valence-electron chi connectivity index (χ4n) is 4.49. The lowest BCUT2D eigenvalue weighted by molar-refractivity contribution is -0.139. The zero-order valence-corrected chi connectivity index (χ0v) is 20.3. The first-order chi connectivity index (χ1) is 16.7. The van der Waals surface area contributed by atoms with Crippen molar-refractivity contribution in [2.45, 2.75) is 31.0 Å². The van der Waals surface area contributed by atoms with Crippen LogP contribution in [0.25, 0.3) is 0 Å². The lowest BCUT2D eigenvalue weighted by Gasteiger charge is -2.34. The van der Waals surface area contributed by atoms with Crippen molar-refractivity contribution in [1.29, 1.82) is 0 Å². The van der Waals surface area contributed by atoms with Crippen molar-refractivity contribution in [2.24, 2.45) is 0 Å². The minimum atomic E-state index is -1.17. The number of piperidine rings is 1. The summed E-state index contributed by atoms with van der Waals surface area (Å²) in [5.41, 5.74) is 0.929. The number of nitrogens with zero attached hydrogens (tertiary/aromatic N) is 2. The van der Waals surface area contributed by atoms with Gasteiger partial charge in [0.1, 0.15) is 11.6 Å². The Morgan fingerprint density at radius 3 is 2.46 bits per heavy atom. The molecule has 1 amide bonds. The quantitative estimate of drug-likeness (QED) is 0.510. The van der Waals surface area contributed by atoms with Gasteiger partial charge in [0, 0.05) is 54.9 Å². The van der Waals surface area contributed by atoms with Crippen LogP contribution >= 0.6 is 23.2 Å². The highest BCUT2D eigenvalue weighted by atomic mass is 35.5. The van der Waals surface area contributed by atoms with Gasteiger partial charge >= 0.3 is 5.97 Å². The summed E-state index contributed by atoms with van der Waals surface area (Å²) in [6.07, 6.45) is 0.728. The zero-order valence-electron chi connectivity index (χ0n) is 18.8. The van der Waals surface area contributed by atoms with E-state index in [9.17, 15) is 19.1 Å². The van der Waals surface area contributed by atoms with Crippen molar-refractivity contribution >= 4 is 40.8 Å². The molecule has 0 unspecified atom stereocenters. The van der Waals surface area contributed by atoms with E-state index >= 15 is 0 Å². The number of aliphatic hydroxyl groups is 1. The third-order valence-electron chi connectivity index (χ3n) is 6.31. The molecule has 0 radical (unpaired) electrons. The van der Waals surface area contributed by atoms with Crippen LogP contribution in [0.1, 0.15) is 23.2 Å². The predicted molar refractivity (Wildman–Crippen MR) is 130 cm³/mol. The zero-order chi connectivity index (χ0) is 25.1. The highest BCUT2D eigenvalue weighted by molar-refractivity contribution is 6.31. The summed E-state index contributed by atoms with van der Waals surface area (Å²) < 4.78 is 19.5. The van der Waals surface area contributed by atoms with Crippen molar-refractivity contribution in [3.8, 4) is 5.75 Å². The molecule has 0 aliphatic carbocycles. The van der Waals surface area contributed by atoms with Gasteiger partial charge in [-0.1, -0.05) is 23.2 Å². The van der Waals surface area contributed by atoms with Gasteiger partial charge in [0.15, 0.2) is 6.61 Å². The molecular weight excluding hydrogens is 500 g/mol. The monoisotopic (exact) mass is 525 g/mol. The number of ether oxygens (including phenoxy) is 1. The number of aliphatic hydroxyl groups excluding tert-OH is 1. The number of carboxylic acid groups (broad SMARTS) is 1. The molecule has 188 valence electrons. The molecule has 2 saturated heterocycles. The number of nitrogens with one attached hydrogen (secondary N) is 1. The first kappa shape index (κ1) is 25.5. The van der Waals surface area contributed by atoms with E-state index in [0.717, 1.165) is 12.8 Å². The van der Waals surface area contributed by atoms with Gasteiger partial charge in [-0.2, -0.15) is 0 Å². The van der Waals surface area contributed by atoms with Gasteiger partial charge in [0.05, 0.1) is 22.9 Å². The van der Waals surface area contributed by atoms with E-state index in [-0.39, 0.29) is 35.3 Å². The molecule has 2 aromatic rings. The number of hydrogen-bond donors (Lipinski definition) is 3. The van der Waals surface area contributed by atoms with E-state index in [4.69, 9.17) is 33.0 Å². The average molecular weight is 526 g/mol. The molecule has 2 aromatic carbocycles. The van der Waals surface area contributed by atoms with Gasteiger partial charge in [0.25, 0.3) is 5.91 Å². The van der Waals surface area contributed by atoms with E-state index in [2.05, 4.69) is 5.32 Å². The maximum Gasteiger partial charge on any atom is 0.341 e. The highest BCUT2D eigenvalue weighted by Crippen LogP contribution is 2.35. The summed E-state index contributed by atoms with van der Waals surface area (Å²) in [7, 11) is 0. The Bertz CT molecular complexity index is 1080. The fourth-order valence-corrected chi connectivity index (χ4v) is 4.77. The normalized spacial score (nSPS) is 20.8. The third-order valence-corrected chi connectivity index (χ3v) is 6.85. The Labute approximate surface area is 212 Å². The molecule has 0 aromatic heterocycles. The molecule has 2 aliphatic rings. The van der Waals surface area contributed by atoms with Gasteiger partial charge < -0.3 is 30.1 Å². The predicted octanol–water partition coefficient (Wildman–Crippen LogP) is 3.04. The maximum atomic E-state index is 14.2. The first-order valence-corrected chi connectivity index (χ1v) is 12.0. The standard InChI is InChI=1S/C24H26Cl2FN3O5/c25-15-3-1-14(2-4-15)24(34)29-7-5-16(6-8-29)28-19-11-30(12-21(19)31)20-10-18(27)17(26)9-22(20)35-13-23(32)33/h1-4,9-10,16,19,21,28,31H,5-8,11-13H2,(H,32,33)/t19-,21-/m0/s1. The molecule has 4 rings (SSSR count). The van der Waals surface area contributed by atoms with Gasteiger partial charge in [-0.05, 0) is 37.1 Å². The van der Waals surface area contributed by atoms with Crippen molar-refractivity contribution in [2.75, 3.05) is 37.7 Å². The van der Waals surface area contributed by atoms with Crippen LogP contribution < -0.4 is 15.0 Å². The number of carbonyl (C=O) groups excluding carboxylic acids is 1.